The quantitative estimate of drug-likeness (QED) is 0.751. The zero-order valence-electron chi connectivity index (χ0n) is 11.5. The summed E-state index contributed by atoms with van der Waals surface area (Å²) in [6.45, 7) is 6.79. The van der Waals surface area contributed by atoms with Gasteiger partial charge in [-0.05, 0) is 31.6 Å². The van der Waals surface area contributed by atoms with Crippen molar-refractivity contribution in [3.63, 3.8) is 0 Å². The zero-order valence-corrected chi connectivity index (χ0v) is 11.5. The molecule has 1 atom stereocenters. The summed E-state index contributed by atoms with van der Waals surface area (Å²) in [5.41, 5.74) is 0. The van der Waals surface area contributed by atoms with E-state index in [9.17, 15) is 4.79 Å². The molecule has 0 radical (unpaired) electrons. The second kappa shape index (κ2) is 5.99. The van der Waals surface area contributed by atoms with Gasteiger partial charge in [0.15, 0.2) is 0 Å². The van der Waals surface area contributed by atoms with Crippen molar-refractivity contribution in [3.8, 4) is 0 Å². The Morgan fingerprint density at radius 2 is 1.82 bits per heavy atom. The summed E-state index contributed by atoms with van der Waals surface area (Å²) in [4.78, 5) is 13.9. The van der Waals surface area contributed by atoms with Gasteiger partial charge in [0, 0.05) is 32.0 Å². The number of ketones is 1. The van der Waals surface area contributed by atoms with Gasteiger partial charge in [0.2, 0.25) is 0 Å². The van der Waals surface area contributed by atoms with E-state index in [4.69, 9.17) is 0 Å². The monoisotopic (exact) mass is 237 g/mol. The minimum Gasteiger partial charge on any atom is -0.300 e. The molecule has 0 aromatic carbocycles. The van der Waals surface area contributed by atoms with E-state index in [0.29, 0.717) is 11.8 Å². The Kier molecular flexibility index (Phi) is 4.61. The summed E-state index contributed by atoms with van der Waals surface area (Å²) >= 11 is 0. The third-order valence-electron chi connectivity index (χ3n) is 4.86. The molecule has 0 aromatic heterocycles. The largest absolute Gasteiger partial charge is 0.300 e. The fraction of sp³-hybridized carbons (Fsp3) is 0.933. The minimum atomic E-state index is 0.462. The molecule has 1 saturated heterocycles. The highest BCUT2D eigenvalue weighted by atomic mass is 16.1. The molecule has 2 rings (SSSR count). The molecule has 0 N–H and O–H groups in total. The van der Waals surface area contributed by atoms with Crippen LogP contribution in [0.3, 0.4) is 0 Å². The third kappa shape index (κ3) is 3.54. The third-order valence-corrected chi connectivity index (χ3v) is 4.86. The van der Waals surface area contributed by atoms with Crippen LogP contribution < -0.4 is 0 Å². The highest BCUT2D eigenvalue weighted by Crippen LogP contribution is 2.31. The van der Waals surface area contributed by atoms with Crippen molar-refractivity contribution in [1.82, 2.24) is 4.90 Å². The van der Waals surface area contributed by atoms with E-state index in [-0.39, 0.29) is 0 Å². The van der Waals surface area contributed by atoms with E-state index in [1.807, 2.05) is 0 Å². The van der Waals surface area contributed by atoms with Crippen molar-refractivity contribution in [1.29, 1.82) is 0 Å². The first-order valence-electron chi connectivity index (χ1n) is 7.44. The van der Waals surface area contributed by atoms with Gasteiger partial charge in [-0.2, -0.15) is 0 Å². The first-order valence-corrected chi connectivity index (χ1v) is 7.44. The van der Waals surface area contributed by atoms with Crippen LogP contribution in [0.5, 0.6) is 0 Å². The molecule has 0 bridgehead atoms. The second-order valence-corrected chi connectivity index (χ2v) is 6.13. The average molecular weight is 237 g/mol. The molecule has 98 valence electrons. The second-order valence-electron chi connectivity index (χ2n) is 6.13. The molecule has 2 aliphatic rings. The highest BCUT2D eigenvalue weighted by Gasteiger charge is 2.27. The Morgan fingerprint density at radius 3 is 2.41 bits per heavy atom. The first-order chi connectivity index (χ1) is 8.19. The number of Topliss-reactive ketones (excluding diaryl/α,β-unsaturated/α-hetero) is 1. The van der Waals surface area contributed by atoms with Crippen molar-refractivity contribution < 1.29 is 4.79 Å². The highest BCUT2D eigenvalue weighted by molar-refractivity contribution is 5.79. The molecule has 1 unspecified atom stereocenters. The number of rotatable bonds is 3. The summed E-state index contributed by atoms with van der Waals surface area (Å²) in [6.07, 6.45) is 8.62. The lowest BCUT2D eigenvalue weighted by Gasteiger charge is -2.37. The minimum absolute atomic E-state index is 0.462. The molecular weight excluding hydrogens is 210 g/mol. The van der Waals surface area contributed by atoms with Crippen LogP contribution in [0.25, 0.3) is 0 Å². The number of piperidine rings is 1. The number of carbonyl (C=O) groups excluding carboxylic acids is 1. The van der Waals surface area contributed by atoms with Gasteiger partial charge in [0.1, 0.15) is 5.78 Å². The summed E-state index contributed by atoms with van der Waals surface area (Å²) < 4.78 is 0. The van der Waals surface area contributed by atoms with Crippen LogP contribution >= 0.6 is 0 Å². The van der Waals surface area contributed by atoms with Crippen LogP contribution in [0.2, 0.25) is 0 Å². The van der Waals surface area contributed by atoms with Gasteiger partial charge in [-0.25, -0.2) is 0 Å². The summed E-state index contributed by atoms with van der Waals surface area (Å²) in [6, 6.07) is 0.486. The predicted molar refractivity (Wildman–Crippen MR) is 71.0 cm³/mol. The number of carbonyl (C=O) groups is 1. The van der Waals surface area contributed by atoms with Crippen LogP contribution in [0.15, 0.2) is 0 Å². The maximum atomic E-state index is 11.4. The Labute approximate surface area is 106 Å². The standard InChI is InChI=1S/C15H27NO/c1-3-13-4-6-14(7-5-13)11-16-9-8-15(17)10-12(16)2/h12-14H,3-11H2,1-2H3. The molecule has 2 nitrogen and oxygen atoms in total. The molecule has 1 aliphatic heterocycles. The van der Waals surface area contributed by atoms with E-state index < -0.39 is 0 Å². The van der Waals surface area contributed by atoms with Gasteiger partial charge in [0.05, 0.1) is 0 Å². The molecule has 1 heterocycles. The Balaban J connectivity index is 1.76. The molecule has 0 amide bonds. The Morgan fingerprint density at radius 1 is 1.18 bits per heavy atom. The molecular formula is C15H27NO. The molecule has 17 heavy (non-hydrogen) atoms. The maximum absolute atomic E-state index is 11.4. The van der Waals surface area contributed by atoms with Crippen LogP contribution in [0.4, 0.5) is 0 Å². The lowest BCUT2D eigenvalue weighted by molar-refractivity contribution is -0.123. The molecule has 0 spiro atoms. The lowest BCUT2D eigenvalue weighted by Crippen LogP contribution is -2.43. The normalized spacial score (nSPS) is 36.1. The fourth-order valence-corrected chi connectivity index (χ4v) is 3.47. The molecule has 1 aliphatic carbocycles. The fourth-order valence-electron chi connectivity index (χ4n) is 3.47. The maximum Gasteiger partial charge on any atom is 0.135 e. The van der Waals surface area contributed by atoms with Crippen molar-refractivity contribution in [2.75, 3.05) is 13.1 Å². The van der Waals surface area contributed by atoms with E-state index in [0.717, 1.165) is 31.2 Å². The first kappa shape index (κ1) is 13.1. The topological polar surface area (TPSA) is 20.3 Å². The molecule has 0 aromatic rings. The van der Waals surface area contributed by atoms with Gasteiger partial charge < -0.3 is 0 Å². The number of nitrogens with zero attached hydrogens (tertiary/aromatic N) is 1. The zero-order chi connectivity index (χ0) is 12.3. The lowest BCUT2D eigenvalue weighted by atomic mass is 9.80. The van der Waals surface area contributed by atoms with Gasteiger partial charge in [0.25, 0.3) is 0 Å². The SMILES string of the molecule is CCC1CCC(CN2CCC(=O)CC2C)CC1. The van der Waals surface area contributed by atoms with Crippen LogP contribution in [-0.2, 0) is 4.79 Å². The van der Waals surface area contributed by atoms with E-state index in [1.54, 1.807) is 0 Å². The number of hydrogen-bond donors (Lipinski definition) is 0. The van der Waals surface area contributed by atoms with Crippen molar-refractivity contribution in [3.05, 3.63) is 0 Å². The molecule has 2 fully saturated rings. The van der Waals surface area contributed by atoms with Crippen molar-refractivity contribution in [2.24, 2.45) is 11.8 Å². The van der Waals surface area contributed by atoms with Gasteiger partial charge in [-0.15, -0.1) is 0 Å². The summed E-state index contributed by atoms with van der Waals surface area (Å²) in [5.74, 6) is 2.35. The van der Waals surface area contributed by atoms with Gasteiger partial charge in [-0.3, -0.25) is 9.69 Å². The Hall–Kier alpha value is -0.370. The van der Waals surface area contributed by atoms with Crippen molar-refractivity contribution >= 4 is 5.78 Å². The van der Waals surface area contributed by atoms with E-state index >= 15 is 0 Å². The molecule has 2 heteroatoms. The number of likely N-dealkylation sites (tertiary alicyclic amines) is 1. The van der Waals surface area contributed by atoms with Crippen LogP contribution in [0, 0.1) is 11.8 Å². The van der Waals surface area contributed by atoms with E-state index in [2.05, 4.69) is 18.7 Å². The molecule has 1 saturated carbocycles. The average Bonchev–Trinajstić information content (AvgIpc) is 2.34. The van der Waals surface area contributed by atoms with Crippen molar-refractivity contribution in [2.45, 2.75) is 64.8 Å². The van der Waals surface area contributed by atoms with Gasteiger partial charge in [-0.1, -0.05) is 26.2 Å². The summed E-state index contributed by atoms with van der Waals surface area (Å²) in [5, 5.41) is 0. The van der Waals surface area contributed by atoms with E-state index in [1.165, 1.54) is 38.6 Å². The smallest absolute Gasteiger partial charge is 0.135 e. The van der Waals surface area contributed by atoms with Gasteiger partial charge >= 0.3 is 0 Å². The Bertz CT molecular complexity index is 256. The predicted octanol–water partition coefficient (Wildman–Crippen LogP) is 3.26. The van der Waals surface area contributed by atoms with Crippen LogP contribution in [0.1, 0.15) is 58.8 Å². The summed E-state index contributed by atoms with van der Waals surface area (Å²) in [7, 11) is 0. The van der Waals surface area contributed by atoms with Crippen LogP contribution in [-0.4, -0.2) is 29.8 Å². The number of hydrogen-bond acceptors (Lipinski definition) is 2.